The number of halogens is 3. The average Bonchev–Trinajstić information content (AvgIpc) is 3.10. The fraction of sp³-hybridized carbons (Fsp3) is 0.429. The van der Waals surface area contributed by atoms with Crippen LogP contribution in [0.4, 0.5) is 13.2 Å². The van der Waals surface area contributed by atoms with E-state index in [2.05, 4.69) is 15.0 Å². The zero-order valence-electron chi connectivity index (χ0n) is 12.4. The van der Waals surface area contributed by atoms with Gasteiger partial charge < -0.3 is 4.42 Å². The number of nitrogens with zero attached hydrogens (tertiary/aromatic N) is 5. The quantitative estimate of drug-likeness (QED) is 0.712. The Labute approximate surface area is 132 Å². The SMILES string of the molecule is O=c1cc(C(F)(F)F)nc2ncn(Cc3nc4c(o3)CCCC4)n12. The van der Waals surface area contributed by atoms with Gasteiger partial charge in [0.2, 0.25) is 5.89 Å². The fourth-order valence-corrected chi connectivity index (χ4v) is 2.83. The van der Waals surface area contributed by atoms with Crippen LogP contribution < -0.4 is 5.56 Å². The van der Waals surface area contributed by atoms with E-state index in [1.54, 1.807) is 0 Å². The molecule has 0 radical (unpaired) electrons. The second-order valence-corrected chi connectivity index (χ2v) is 5.62. The van der Waals surface area contributed by atoms with Gasteiger partial charge in [0.1, 0.15) is 18.6 Å². The van der Waals surface area contributed by atoms with Crippen molar-refractivity contribution in [3.63, 3.8) is 0 Å². The number of oxazole rings is 1. The monoisotopic (exact) mass is 339 g/mol. The summed E-state index contributed by atoms with van der Waals surface area (Å²) < 4.78 is 46.1. The zero-order valence-corrected chi connectivity index (χ0v) is 12.4. The lowest BCUT2D eigenvalue weighted by Gasteiger charge is -2.06. The second kappa shape index (κ2) is 5.18. The number of hydrogen-bond donors (Lipinski definition) is 0. The van der Waals surface area contributed by atoms with E-state index in [-0.39, 0.29) is 12.3 Å². The molecule has 24 heavy (non-hydrogen) atoms. The topological polar surface area (TPSA) is 78.2 Å². The van der Waals surface area contributed by atoms with Gasteiger partial charge in [-0.2, -0.15) is 22.7 Å². The fourth-order valence-electron chi connectivity index (χ4n) is 2.83. The maximum Gasteiger partial charge on any atom is 0.433 e. The maximum atomic E-state index is 12.7. The van der Waals surface area contributed by atoms with Crippen LogP contribution in [-0.4, -0.2) is 24.1 Å². The van der Waals surface area contributed by atoms with Crippen LogP contribution in [0.15, 0.2) is 21.6 Å². The van der Waals surface area contributed by atoms with Gasteiger partial charge in [0, 0.05) is 12.5 Å². The molecule has 0 unspecified atom stereocenters. The number of alkyl halides is 3. The highest BCUT2D eigenvalue weighted by Gasteiger charge is 2.34. The van der Waals surface area contributed by atoms with Crippen LogP contribution >= 0.6 is 0 Å². The van der Waals surface area contributed by atoms with Crippen LogP contribution in [0.2, 0.25) is 0 Å². The predicted octanol–water partition coefficient (Wildman–Crippen LogP) is 1.82. The lowest BCUT2D eigenvalue weighted by atomic mass is 10.0. The largest absolute Gasteiger partial charge is 0.443 e. The highest BCUT2D eigenvalue weighted by Crippen LogP contribution is 2.26. The van der Waals surface area contributed by atoms with Gasteiger partial charge in [0.15, 0.2) is 5.69 Å². The maximum absolute atomic E-state index is 12.7. The Morgan fingerprint density at radius 3 is 2.75 bits per heavy atom. The van der Waals surface area contributed by atoms with Crippen LogP contribution in [0.3, 0.4) is 0 Å². The summed E-state index contributed by atoms with van der Waals surface area (Å²) in [6.07, 6.45) is 0.311. The third kappa shape index (κ3) is 2.47. The molecule has 0 N–H and O–H groups in total. The summed E-state index contributed by atoms with van der Waals surface area (Å²) in [6, 6.07) is 0.450. The van der Waals surface area contributed by atoms with Crippen LogP contribution in [0.1, 0.15) is 35.9 Å². The first-order chi connectivity index (χ1) is 11.4. The van der Waals surface area contributed by atoms with Crippen molar-refractivity contribution in [1.29, 1.82) is 0 Å². The molecule has 0 bridgehead atoms. The van der Waals surface area contributed by atoms with Crippen molar-refractivity contribution < 1.29 is 17.6 Å². The van der Waals surface area contributed by atoms with Gasteiger partial charge in [0.05, 0.1) is 5.69 Å². The Morgan fingerprint density at radius 1 is 1.21 bits per heavy atom. The molecule has 3 aromatic heterocycles. The summed E-state index contributed by atoms with van der Waals surface area (Å²) in [4.78, 5) is 23.6. The normalized spacial score (nSPS) is 15.0. The van der Waals surface area contributed by atoms with Gasteiger partial charge in [0.25, 0.3) is 11.3 Å². The van der Waals surface area contributed by atoms with Gasteiger partial charge in [-0.05, 0) is 19.3 Å². The number of aryl methyl sites for hydroxylation is 2. The molecule has 0 fully saturated rings. The van der Waals surface area contributed by atoms with Crippen molar-refractivity contribution in [3.8, 4) is 0 Å². The first-order valence-corrected chi connectivity index (χ1v) is 7.42. The molecule has 0 aromatic carbocycles. The molecule has 10 heteroatoms. The Hall–Kier alpha value is -2.65. The highest BCUT2D eigenvalue weighted by atomic mass is 19.4. The molecule has 0 spiro atoms. The van der Waals surface area contributed by atoms with Crippen molar-refractivity contribution in [2.75, 3.05) is 0 Å². The van der Waals surface area contributed by atoms with Crippen molar-refractivity contribution in [2.45, 2.75) is 38.4 Å². The molecular formula is C14H12F3N5O2. The number of aromatic nitrogens is 5. The van der Waals surface area contributed by atoms with E-state index in [9.17, 15) is 18.0 Å². The summed E-state index contributed by atoms with van der Waals surface area (Å²) in [5.41, 5.74) is -1.21. The first kappa shape index (κ1) is 14.9. The smallest absolute Gasteiger partial charge is 0.433 e. The molecule has 0 saturated heterocycles. The minimum absolute atomic E-state index is 0.0937. The molecule has 3 heterocycles. The lowest BCUT2D eigenvalue weighted by Crippen LogP contribution is -2.24. The van der Waals surface area contributed by atoms with Crippen LogP contribution in [0, 0.1) is 0 Å². The Kier molecular flexibility index (Phi) is 3.22. The molecule has 4 rings (SSSR count). The van der Waals surface area contributed by atoms with Crippen molar-refractivity contribution >= 4 is 5.78 Å². The van der Waals surface area contributed by atoms with E-state index < -0.39 is 17.4 Å². The zero-order chi connectivity index (χ0) is 16.9. The molecule has 1 aliphatic carbocycles. The molecular weight excluding hydrogens is 327 g/mol. The van der Waals surface area contributed by atoms with Crippen molar-refractivity contribution in [2.24, 2.45) is 0 Å². The third-order valence-corrected chi connectivity index (χ3v) is 3.92. The summed E-state index contributed by atoms with van der Waals surface area (Å²) in [5.74, 6) is 0.921. The van der Waals surface area contributed by atoms with E-state index in [1.165, 1.54) is 11.0 Å². The molecule has 1 aliphatic rings. The van der Waals surface area contributed by atoms with Gasteiger partial charge in [-0.1, -0.05) is 0 Å². The number of fused-ring (bicyclic) bond motifs is 2. The molecule has 0 amide bonds. The van der Waals surface area contributed by atoms with Crippen LogP contribution in [0.5, 0.6) is 0 Å². The standard InChI is InChI=1S/C14H12F3N5O2/c15-14(16,17)10-5-12(23)22-13(20-10)18-7-21(22)6-11-19-8-3-1-2-4-9(8)24-11/h5,7H,1-4,6H2. The van der Waals surface area contributed by atoms with E-state index in [0.29, 0.717) is 12.0 Å². The summed E-state index contributed by atoms with van der Waals surface area (Å²) >= 11 is 0. The lowest BCUT2D eigenvalue weighted by molar-refractivity contribution is -0.141. The van der Waals surface area contributed by atoms with Crippen molar-refractivity contribution in [3.05, 3.63) is 45.8 Å². The minimum atomic E-state index is -4.70. The Balaban J connectivity index is 1.73. The molecule has 0 aliphatic heterocycles. The first-order valence-electron chi connectivity index (χ1n) is 7.42. The molecule has 7 nitrogen and oxygen atoms in total. The van der Waals surface area contributed by atoms with E-state index in [4.69, 9.17) is 4.42 Å². The van der Waals surface area contributed by atoms with E-state index in [1.807, 2.05) is 0 Å². The van der Waals surface area contributed by atoms with E-state index >= 15 is 0 Å². The average molecular weight is 339 g/mol. The Morgan fingerprint density at radius 2 is 2.00 bits per heavy atom. The summed E-state index contributed by atoms with van der Waals surface area (Å²) in [6.45, 7) is 0.0937. The van der Waals surface area contributed by atoms with Crippen LogP contribution in [0.25, 0.3) is 5.78 Å². The van der Waals surface area contributed by atoms with Gasteiger partial charge >= 0.3 is 6.18 Å². The highest BCUT2D eigenvalue weighted by molar-refractivity contribution is 5.27. The molecule has 3 aromatic rings. The minimum Gasteiger partial charge on any atom is -0.443 e. The van der Waals surface area contributed by atoms with Gasteiger partial charge in [-0.3, -0.25) is 9.48 Å². The van der Waals surface area contributed by atoms with Crippen LogP contribution in [-0.2, 0) is 25.6 Å². The van der Waals surface area contributed by atoms with Gasteiger partial charge in [-0.15, -0.1) is 0 Å². The second-order valence-electron chi connectivity index (χ2n) is 5.62. The molecule has 126 valence electrons. The molecule has 0 atom stereocenters. The Bertz CT molecular complexity index is 946. The van der Waals surface area contributed by atoms with E-state index in [0.717, 1.165) is 41.7 Å². The predicted molar refractivity (Wildman–Crippen MR) is 74.5 cm³/mol. The molecule has 0 saturated carbocycles. The third-order valence-electron chi connectivity index (χ3n) is 3.92. The van der Waals surface area contributed by atoms with Gasteiger partial charge in [-0.25, -0.2) is 9.97 Å². The summed E-state index contributed by atoms with van der Waals surface area (Å²) in [7, 11) is 0. The number of hydrogen-bond acceptors (Lipinski definition) is 5. The summed E-state index contributed by atoms with van der Waals surface area (Å²) in [5, 5.41) is 0. The number of rotatable bonds is 2. The van der Waals surface area contributed by atoms with Crippen molar-refractivity contribution in [1.82, 2.24) is 24.1 Å².